The predicted molar refractivity (Wildman–Crippen MR) is 119 cm³/mol. The van der Waals surface area contributed by atoms with Crippen molar-refractivity contribution in [1.82, 2.24) is 0 Å². The fraction of sp³-hybridized carbons (Fsp3) is 0.167. The molecule has 0 saturated carbocycles. The van der Waals surface area contributed by atoms with E-state index < -0.39 is 0 Å². The van der Waals surface area contributed by atoms with Crippen LogP contribution in [0.5, 0.6) is 11.5 Å². The van der Waals surface area contributed by atoms with Crippen molar-refractivity contribution in [2.45, 2.75) is 13.8 Å². The molecule has 0 fully saturated rings. The minimum atomic E-state index is -0.203. The van der Waals surface area contributed by atoms with Crippen LogP contribution in [0.2, 0.25) is 0 Å². The summed E-state index contributed by atoms with van der Waals surface area (Å²) >= 11 is 5.69. The zero-order valence-corrected chi connectivity index (χ0v) is 17.7. The maximum Gasteiger partial charge on any atom is 0.238 e. The number of benzene rings is 2. The third-order valence-corrected chi connectivity index (χ3v) is 5.14. The molecular formula is C24H22N2O3S. The van der Waals surface area contributed by atoms with Gasteiger partial charge in [0, 0.05) is 17.8 Å². The topological polar surface area (TPSA) is 57.4 Å². The molecule has 6 heteroatoms. The van der Waals surface area contributed by atoms with Gasteiger partial charge in [-0.1, -0.05) is 36.5 Å². The first-order chi connectivity index (χ1) is 14.5. The van der Waals surface area contributed by atoms with E-state index in [1.165, 1.54) is 0 Å². The first kappa shape index (κ1) is 19.9. The molecule has 0 bridgehead atoms. The van der Waals surface area contributed by atoms with E-state index >= 15 is 0 Å². The van der Waals surface area contributed by atoms with Gasteiger partial charge in [0.05, 0.1) is 0 Å². The van der Waals surface area contributed by atoms with E-state index in [1.807, 2.05) is 62.6 Å². The lowest BCUT2D eigenvalue weighted by molar-refractivity contribution is -0.577. The lowest BCUT2D eigenvalue weighted by atomic mass is 10.1. The van der Waals surface area contributed by atoms with Gasteiger partial charge in [0.15, 0.2) is 28.9 Å². The second-order valence-corrected chi connectivity index (χ2v) is 7.50. The molecule has 5 nitrogen and oxygen atoms in total. The number of nitrogens with one attached hydrogen (secondary N) is 1. The smallest absolute Gasteiger partial charge is 0.238 e. The van der Waals surface area contributed by atoms with Crippen LogP contribution in [0.3, 0.4) is 0 Å². The number of aryl methyl sites for hydroxylation is 2. The molecule has 0 unspecified atom stereocenters. The monoisotopic (exact) mass is 418 g/mol. The van der Waals surface area contributed by atoms with Crippen LogP contribution in [-0.2, 0) is 0 Å². The SMILES string of the molecule is Cc1ccc(C)c(NC(=S)/C(=C(\[O-])c2ccc3c(c2)OCCO3)[n+]2ccccc2)c1. The first-order valence-corrected chi connectivity index (χ1v) is 10.1. The number of thiocarbonyl (C=S) groups is 1. The Bertz CT molecular complexity index is 1130. The zero-order chi connectivity index (χ0) is 21.1. The van der Waals surface area contributed by atoms with Gasteiger partial charge in [0.25, 0.3) is 0 Å². The highest BCUT2D eigenvalue weighted by atomic mass is 32.1. The number of hydrogen-bond donors (Lipinski definition) is 1. The van der Waals surface area contributed by atoms with E-state index in [0.717, 1.165) is 16.8 Å². The Morgan fingerprint density at radius 2 is 1.70 bits per heavy atom. The summed E-state index contributed by atoms with van der Waals surface area (Å²) in [5, 5.41) is 16.8. The van der Waals surface area contributed by atoms with Gasteiger partial charge in [-0.2, -0.15) is 4.57 Å². The molecule has 0 radical (unpaired) electrons. The van der Waals surface area contributed by atoms with Gasteiger partial charge in [0.2, 0.25) is 5.70 Å². The number of rotatable bonds is 4. The minimum Gasteiger partial charge on any atom is -0.867 e. The Morgan fingerprint density at radius 1 is 0.967 bits per heavy atom. The molecule has 1 aromatic heterocycles. The summed E-state index contributed by atoms with van der Waals surface area (Å²) in [7, 11) is 0. The molecule has 0 spiro atoms. The first-order valence-electron chi connectivity index (χ1n) is 9.69. The predicted octanol–water partition coefficient (Wildman–Crippen LogP) is 3.49. The summed E-state index contributed by atoms with van der Waals surface area (Å²) in [5.74, 6) is 1.01. The van der Waals surface area contributed by atoms with Gasteiger partial charge < -0.3 is 19.9 Å². The molecule has 30 heavy (non-hydrogen) atoms. The van der Waals surface area contributed by atoms with Crippen molar-refractivity contribution < 1.29 is 19.1 Å². The summed E-state index contributed by atoms with van der Waals surface area (Å²) in [6.45, 7) is 4.98. The van der Waals surface area contributed by atoms with Gasteiger partial charge in [0.1, 0.15) is 13.2 Å². The Labute approximate surface area is 181 Å². The average molecular weight is 419 g/mol. The standard InChI is InChI=1S/C24H22N2O3S/c1-16-6-7-17(2)19(14-16)25-24(30)22(26-10-4-3-5-11-26)23(27)18-8-9-20-21(15-18)29-13-12-28-20/h3-11,14-15H,12-13H2,1-2H3,(H-,25,27,30). The summed E-state index contributed by atoms with van der Waals surface area (Å²) in [6.07, 6.45) is 3.62. The highest BCUT2D eigenvalue weighted by molar-refractivity contribution is 7.81. The van der Waals surface area contributed by atoms with Gasteiger partial charge >= 0.3 is 0 Å². The molecule has 2 heterocycles. The minimum absolute atomic E-state index is 0.203. The van der Waals surface area contributed by atoms with Crippen LogP contribution in [0.4, 0.5) is 5.69 Å². The molecule has 1 aliphatic heterocycles. The summed E-state index contributed by atoms with van der Waals surface area (Å²) in [5.41, 5.74) is 3.88. The number of pyridine rings is 1. The van der Waals surface area contributed by atoms with Crippen LogP contribution < -0.4 is 24.5 Å². The lowest BCUT2D eigenvalue weighted by Crippen LogP contribution is -2.39. The number of aromatic nitrogens is 1. The van der Waals surface area contributed by atoms with Gasteiger partial charge in [-0.3, -0.25) is 0 Å². The number of fused-ring (bicyclic) bond motifs is 1. The second kappa shape index (κ2) is 8.55. The summed E-state index contributed by atoms with van der Waals surface area (Å²) in [4.78, 5) is 0.347. The molecule has 3 aromatic rings. The van der Waals surface area contributed by atoms with E-state index in [0.29, 0.717) is 41.0 Å². The Balaban J connectivity index is 1.78. The van der Waals surface area contributed by atoms with Crippen molar-refractivity contribution in [2.24, 2.45) is 0 Å². The average Bonchev–Trinajstić information content (AvgIpc) is 2.77. The Morgan fingerprint density at radius 3 is 2.47 bits per heavy atom. The quantitative estimate of drug-likeness (QED) is 0.304. The van der Waals surface area contributed by atoms with E-state index in [1.54, 1.807) is 22.8 Å². The van der Waals surface area contributed by atoms with Crippen LogP contribution in [0.25, 0.3) is 11.5 Å². The molecule has 4 rings (SSSR count). The van der Waals surface area contributed by atoms with Crippen molar-refractivity contribution in [1.29, 1.82) is 0 Å². The normalized spacial score (nSPS) is 13.4. The van der Waals surface area contributed by atoms with E-state index in [-0.39, 0.29) is 5.76 Å². The van der Waals surface area contributed by atoms with Crippen LogP contribution >= 0.6 is 12.2 Å². The Hall–Kier alpha value is -3.38. The molecule has 0 amide bonds. The van der Waals surface area contributed by atoms with Gasteiger partial charge in [-0.15, -0.1) is 0 Å². The van der Waals surface area contributed by atoms with Crippen LogP contribution in [-0.4, -0.2) is 18.2 Å². The molecule has 1 N–H and O–H groups in total. The van der Waals surface area contributed by atoms with Crippen molar-refractivity contribution in [3.8, 4) is 11.5 Å². The zero-order valence-electron chi connectivity index (χ0n) is 16.8. The van der Waals surface area contributed by atoms with E-state index in [4.69, 9.17) is 21.7 Å². The van der Waals surface area contributed by atoms with Crippen molar-refractivity contribution in [3.63, 3.8) is 0 Å². The lowest BCUT2D eigenvalue weighted by Gasteiger charge is -2.21. The van der Waals surface area contributed by atoms with Gasteiger partial charge in [-0.05, 0) is 54.5 Å². The highest BCUT2D eigenvalue weighted by Crippen LogP contribution is 2.32. The van der Waals surface area contributed by atoms with E-state index in [9.17, 15) is 5.11 Å². The third kappa shape index (κ3) is 4.14. The largest absolute Gasteiger partial charge is 0.867 e. The number of anilines is 1. The molecule has 152 valence electrons. The fourth-order valence-electron chi connectivity index (χ4n) is 3.26. The Kier molecular flexibility index (Phi) is 5.68. The van der Waals surface area contributed by atoms with Crippen molar-refractivity contribution in [2.75, 3.05) is 18.5 Å². The van der Waals surface area contributed by atoms with Crippen LogP contribution in [0, 0.1) is 13.8 Å². The summed E-state index contributed by atoms with van der Waals surface area (Å²) in [6, 6.07) is 16.9. The number of nitrogens with zero attached hydrogens (tertiary/aromatic N) is 1. The highest BCUT2D eigenvalue weighted by Gasteiger charge is 2.20. The van der Waals surface area contributed by atoms with Crippen molar-refractivity contribution >= 4 is 34.3 Å². The maximum absolute atomic E-state index is 13.5. The fourth-order valence-corrected chi connectivity index (χ4v) is 3.57. The maximum atomic E-state index is 13.5. The summed E-state index contributed by atoms with van der Waals surface area (Å²) < 4.78 is 12.9. The van der Waals surface area contributed by atoms with Crippen LogP contribution in [0.1, 0.15) is 16.7 Å². The van der Waals surface area contributed by atoms with E-state index in [2.05, 4.69) is 5.32 Å². The van der Waals surface area contributed by atoms with Gasteiger partial charge in [-0.25, -0.2) is 0 Å². The molecule has 0 atom stereocenters. The van der Waals surface area contributed by atoms with Crippen LogP contribution in [0.15, 0.2) is 67.0 Å². The number of hydrogen-bond acceptors (Lipinski definition) is 4. The molecule has 0 aliphatic carbocycles. The number of ether oxygens (including phenoxy) is 2. The van der Waals surface area contributed by atoms with Crippen molar-refractivity contribution in [3.05, 3.63) is 83.7 Å². The second-order valence-electron chi connectivity index (χ2n) is 7.09. The molecular weight excluding hydrogens is 396 g/mol. The molecule has 0 saturated heterocycles. The molecule has 1 aliphatic rings. The molecule has 2 aromatic carbocycles. The third-order valence-electron chi connectivity index (χ3n) is 4.85.